The number of phenolic OH excluding ortho intramolecular Hbond substituents is 1. The lowest BCUT2D eigenvalue weighted by Gasteiger charge is -2.20. The number of pyridine rings is 1. The van der Waals surface area contributed by atoms with Gasteiger partial charge in [-0.2, -0.15) is 5.26 Å². The summed E-state index contributed by atoms with van der Waals surface area (Å²) in [6, 6.07) is 14.9. The molecule has 0 aliphatic carbocycles. The Kier molecular flexibility index (Phi) is 3.96. The molecule has 0 atom stereocenters. The maximum absolute atomic E-state index is 9.92. The van der Waals surface area contributed by atoms with Crippen LogP contribution in [0.3, 0.4) is 0 Å². The molecule has 0 radical (unpaired) electrons. The summed E-state index contributed by atoms with van der Waals surface area (Å²) in [5.74, 6) is 0.385. The van der Waals surface area contributed by atoms with Crippen molar-refractivity contribution in [2.45, 2.75) is 19.6 Å². The minimum absolute atomic E-state index is 0.102. The smallest absolute Gasteiger partial charge is 0.232 e. The number of nitriles is 1. The maximum atomic E-state index is 9.92. The van der Waals surface area contributed by atoms with Gasteiger partial charge in [0.05, 0.1) is 18.7 Å². The lowest BCUT2D eigenvalue weighted by Crippen LogP contribution is -2.13. The van der Waals surface area contributed by atoms with Gasteiger partial charge in [0, 0.05) is 5.39 Å². The van der Waals surface area contributed by atoms with E-state index in [9.17, 15) is 10.4 Å². The Morgan fingerprint density at radius 1 is 1.24 bits per heavy atom. The molecule has 5 nitrogen and oxygen atoms in total. The van der Waals surface area contributed by atoms with Crippen LogP contribution in [0.25, 0.3) is 10.9 Å². The molecular formula is C20H16N2O3. The molecule has 0 spiro atoms. The van der Waals surface area contributed by atoms with E-state index in [1.54, 1.807) is 24.3 Å². The van der Waals surface area contributed by atoms with Crippen LogP contribution in [0.15, 0.2) is 42.5 Å². The van der Waals surface area contributed by atoms with Crippen LogP contribution in [0.5, 0.6) is 11.6 Å². The molecule has 5 heteroatoms. The first-order chi connectivity index (χ1) is 12.3. The number of benzene rings is 2. The van der Waals surface area contributed by atoms with Crippen molar-refractivity contribution >= 4 is 10.9 Å². The Hall–Kier alpha value is -3.10. The largest absolute Gasteiger partial charge is 0.507 e. The number of rotatable bonds is 3. The summed E-state index contributed by atoms with van der Waals surface area (Å²) in [5.41, 5.74) is 4.43. The van der Waals surface area contributed by atoms with E-state index < -0.39 is 0 Å². The van der Waals surface area contributed by atoms with Crippen LogP contribution in [0.1, 0.15) is 22.3 Å². The van der Waals surface area contributed by atoms with Gasteiger partial charge < -0.3 is 14.6 Å². The van der Waals surface area contributed by atoms with E-state index in [0.29, 0.717) is 36.3 Å². The summed E-state index contributed by atoms with van der Waals surface area (Å²) < 4.78 is 11.4. The van der Waals surface area contributed by atoms with Crippen molar-refractivity contribution in [1.82, 2.24) is 4.98 Å². The van der Waals surface area contributed by atoms with E-state index in [4.69, 9.17) is 9.47 Å². The van der Waals surface area contributed by atoms with Gasteiger partial charge in [-0.3, -0.25) is 0 Å². The fraction of sp³-hybridized carbons (Fsp3) is 0.200. The summed E-state index contributed by atoms with van der Waals surface area (Å²) in [6.07, 6.45) is 0.860. The van der Waals surface area contributed by atoms with Gasteiger partial charge in [0.1, 0.15) is 24.0 Å². The van der Waals surface area contributed by atoms with Gasteiger partial charge >= 0.3 is 0 Å². The number of fused-ring (bicyclic) bond motifs is 2. The Morgan fingerprint density at radius 3 is 3.00 bits per heavy atom. The van der Waals surface area contributed by atoms with Crippen LogP contribution >= 0.6 is 0 Å². The van der Waals surface area contributed by atoms with E-state index in [1.807, 2.05) is 12.1 Å². The molecule has 2 heterocycles. The van der Waals surface area contributed by atoms with Crippen LogP contribution in [0.2, 0.25) is 0 Å². The molecular weight excluding hydrogens is 316 g/mol. The SMILES string of the molecule is N#Cc1cc2c(O)cccc2nc1OCc1cccc2c1CCOC2. The number of aromatic nitrogens is 1. The maximum Gasteiger partial charge on any atom is 0.232 e. The van der Waals surface area contributed by atoms with Gasteiger partial charge in [-0.15, -0.1) is 0 Å². The summed E-state index contributed by atoms with van der Waals surface area (Å²) in [6.45, 7) is 1.68. The van der Waals surface area contributed by atoms with Crippen molar-refractivity contribution in [3.05, 3.63) is 64.7 Å². The highest BCUT2D eigenvalue weighted by Crippen LogP contribution is 2.29. The summed E-state index contributed by atoms with van der Waals surface area (Å²) in [4.78, 5) is 4.40. The highest BCUT2D eigenvalue weighted by molar-refractivity contribution is 5.86. The van der Waals surface area contributed by atoms with Gasteiger partial charge in [0.15, 0.2) is 0 Å². The zero-order valence-corrected chi connectivity index (χ0v) is 13.5. The number of aromatic hydroxyl groups is 1. The summed E-state index contributed by atoms with van der Waals surface area (Å²) in [7, 11) is 0. The first kappa shape index (κ1) is 15.4. The molecule has 1 aliphatic heterocycles. The summed E-state index contributed by atoms with van der Waals surface area (Å²) >= 11 is 0. The Bertz CT molecular complexity index is 992. The van der Waals surface area contributed by atoms with Crippen molar-refractivity contribution in [2.24, 2.45) is 0 Å². The average molecular weight is 332 g/mol. The molecule has 124 valence electrons. The predicted molar refractivity (Wildman–Crippen MR) is 92.3 cm³/mol. The molecule has 4 rings (SSSR count). The Labute approximate surface area is 145 Å². The minimum atomic E-state index is 0.102. The van der Waals surface area contributed by atoms with Crippen LogP contribution in [0.4, 0.5) is 0 Å². The zero-order chi connectivity index (χ0) is 17.2. The third-order valence-corrected chi connectivity index (χ3v) is 4.41. The van der Waals surface area contributed by atoms with E-state index in [0.717, 1.165) is 12.0 Å². The van der Waals surface area contributed by atoms with Gasteiger partial charge in [-0.25, -0.2) is 4.98 Å². The van der Waals surface area contributed by atoms with E-state index >= 15 is 0 Å². The molecule has 3 aromatic rings. The second kappa shape index (κ2) is 6.42. The van der Waals surface area contributed by atoms with E-state index in [2.05, 4.69) is 17.1 Å². The van der Waals surface area contributed by atoms with Crippen molar-refractivity contribution < 1.29 is 14.6 Å². The monoisotopic (exact) mass is 332 g/mol. The van der Waals surface area contributed by atoms with Crippen molar-refractivity contribution in [3.8, 4) is 17.7 Å². The zero-order valence-electron chi connectivity index (χ0n) is 13.5. The molecule has 0 saturated carbocycles. The lowest BCUT2D eigenvalue weighted by atomic mass is 9.98. The van der Waals surface area contributed by atoms with Crippen molar-refractivity contribution in [2.75, 3.05) is 6.61 Å². The van der Waals surface area contributed by atoms with Gasteiger partial charge in [0.2, 0.25) is 5.88 Å². The first-order valence-electron chi connectivity index (χ1n) is 8.09. The summed E-state index contributed by atoms with van der Waals surface area (Å²) in [5, 5.41) is 19.9. The third kappa shape index (κ3) is 2.88. The number of hydrogen-bond acceptors (Lipinski definition) is 5. The standard InChI is InChI=1S/C20H16N2O3/c21-10-15-9-17-18(5-2-6-19(17)23)22-20(15)25-12-14-4-1-3-13-11-24-8-7-16(13)14/h1-6,9,23H,7-8,11-12H2. The Morgan fingerprint density at radius 2 is 2.12 bits per heavy atom. The van der Waals surface area contributed by atoms with Gasteiger partial charge in [0.25, 0.3) is 0 Å². The quantitative estimate of drug-likeness (QED) is 0.795. The Balaban J connectivity index is 1.67. The topological polar surface area (TPSA) is 75.4 Å². The van der Waals surface area contributed by atoms with Crippen LogP contribution in [0, 0.1) is 11.3 Å². The molecule has 25 heavy (non-hydrogen) atoms. The van der Waals surface area contributed by atoms with Crippen LogP contribution < -0.4 is 4.74 Å². The molecule has 1 N–H and O–H groups in total. The molecule has 1 aromatic heterocycles. The molecule has 0 saturated heterocycles. The van der Waals surface area contributed by atoms with Crippen LogP contribution in [-0.4, -0.2) is 16.7 Å². The van der Waals surface area contributed by atoms with Crippen molar-refractivity contribution in [3.63, 3.8) is 0 Å². The number of phenols is 1. The molecule has 0 bridgehead atoms. The van der Waals surface area contributed by atoms with Gasteiger partial charge in [-0.05, 0) is 41.3 Å². The molecule has 1 aliphatic rings. The highest BCUT2D eigenvalue weighted by Gasteiger charge is 2.15. The fourth-order valence-electron chi connectivity index (χ4n) is 3.13. The normalized spacial score (nSPS) is 13.2. The molecule has 2 aromatic carbocycles. The van der Waals surface area contributed by atoms with Gasteiger partial charge in [-0.1, -0.05) is 24.3 Å². The molecule has 0 fully saturated rings. The third-order valence-electron chi connectivity index (χ3n) is 4.41. The van der Waals surface area contributed by atoms with Crippen molar-refractivity contribution in [1.29, 1.82) is 5.26 Å². The lowest BCUT2D eigenvalue weighted by molar-refractivity contribution is 0.110. The minimum Gasteiger partial charge on any atom is -0.507 e. The number of hydrogen-bond donors (Lipinski definition) is 1. The fourth-order valence-corrected chi connectivity index (χ4v) is 3.13. The number of ether oxygens (including phenoxy) is 2. The molecule has 0 amide bonds. The highest BCUT2D eigenvalue weighted by atomic mass is 16.5. The first-order valence-corrected chi connectivity index (χ1v) is 8.09. The van der Waals surface area contributed by atoms with E-state index in [1.165, 1.54) is 11.1 Å². The second-order valence-corrected chi connectivity index (χ2v) is 5.94. The molecule has 0 unspecified atom stereocenters. The average Bonchev–Trinajstić information content (AvgIpc) is 2.66. The van der Waals surface area contributed by atoms with E-state index in [-0.39, 0.29) is 11.6 Å². The second-order valence-electron chi connectivity index (χ2n) is 5.94. The predicted octanol–water partition coefficient (Wildman–Crippen LogP) is 3.46. The number of nitrogens with zero attached hydrogens (tertiary/aromatic N) is 2. The van der Waals surface area contributed by atoms with Crippen LogP contribution in [-0.2, 0) is 24.4 Å².